The van der Waals surface area contributed by atoms with Crippen molar-refractivity contribution in [2.24, 2.45) is 0 Å². The Kier molecular flexibility index (Phi) is 6.39. The number of aryl methyl sites for hydroxylation is 1. The van der Waals surface area contributed by atoms with Crippen LogP contribution in [-0.2, 0) is 14.8 Å². The molecule has 2 heterocycles. The molecule has 0 aliphatic carbocycles. The van der Waals surface area contributed by atoms with Crippen molar-refractivity contribution in [1.29, 1.82) is 0 Å². The van der Waals surface area contributed by atoms with Crippen LogP contribution in [0.25, 0.3) is 5.69 Å². The van der Waals surface area contributed by atoms with Crippen LogP contribution in [0.4, 0.5) is 10.1 Å². The fraction of sp³-hybridized carbons (Fsp3) is 0.286. The second-order valence-corrected chi connectivity index (χ2v) is 9.63. The molecule has 34 heavy (non-hydrogen) atoms. The summed E-state index contributed by atoms with van der Waals surface area (Å²) in [7, 11) is -3.87. The van der Waals surface area contributed by atoms with Crippen molar-refractivity contribution in [3.63, 3.8) is 0 Å². The highest BCUT2D eigenvalue weighted by molar-refractivity contribution is 7.89. The van der Waals surface area contributed by atoms with Crippen molar-refractivity contribution in [3.8, 4) is 5.69 Å². The van der Waals surface area contributed by atoms with Gasteiger partial charge in [-0.1, -0.05) is 6.07 Å². The van der Waals surface area contributed by atoms with Gasteiger partial charge in [0, 0.05) is 38.7 Å². The van der Waals surface area contributed by atoms with Crippen LogP contribution in [0.1, 0.15) is 23.1 Å². The monoisotopic (exact) mass is 487 g/mol. The molecule has 11 nitrogen and oxygen atoms in total. The molecule has 0 bridgehead atoms. The van der Waals surface area contributed by atoms with Gasteiger partial charge >= 0.3 is 0 Å². The molecule has 0 spiro atoms. The minimum Gasteiger partial charge on any atom is -0.340 e. The molecule has 0 radical (unpaired) electrons. The first-order valence-corrected chi connectivity index (χ1v) is 11.8. The van der Waals surface area contributed by atoms with Crippen LogP contribution in [0.15, 0.2) is 47.4 Å². The maximum atomic E-state index is 14.4. The van der Waals surface area contributed by atoms with Gasteiger partial charge in [0.1, 0.15) is 5.82 Å². The molecule has 1 aromatic heterocycles. The SMILES string of the molecule is CC(=O)N1CCN(S(=O)(=O)c2cccc(C(=O)Nc3cc(-n4nnnc4C)ccc3F)c2)CC1. The minimum atomic E-state index is -3.87. The summed E-state index contributed by atoms with van der Waals surface area (Å²) >= 11 is 0. The third-order valence-electron chi connectivity index (χ3n) is 5.49. The van der Waals surface area contributed by atoms with Crippen LogP contribution in [0, 0.1) is 12.7 Å². The number of carbonyl (C=O) groups excluding carboxylic acids is 2. The molecule has 0 atom stereocenters. The normalized spacial score (nSPS) is 14.7. The largest absolute Gasteiger partial charge is 0.340 e. The molecule has 1 saturated heterocycles. The van der Waals surface area contributed by atoms with E-state index in [0.29, 0.717) is 24.6 Å². The second kappa shape index (κ2) is 9.27. The maximum Gasteiger partial charge on any atom is 0.255 e. The molecule has 178 valence electrons. The summed E-state index contributed by atoms with van der Waals surface area (Å²) < 4.78 is 43.2. The van der Waals surface area contributed by atoms with Gasteiger partial charge in [-0.25, -0.2) is 12.8 Å². The predicted octanol–water partition coefficient (Wildman–Crippen LogP) is 1.21. The number of rotatable bonds is 5. The molecule has 1 N–H and O–H groups in total. The molecule has 0 saturated carbocycles. The van der Waals surface area contributed by atoms with Gasteiger partial charge in [-0.05, 0) is 53.7 Å². The highest BCUT2D eigenvalue weighted by Gasteiger charge is 2.29. The number of tetrazole rings is 1. The van der Waals surface area contributed by atoms with Crippen molar-refractivity contribution in [3.05, 3.63) is 59.7 Å². The lowest BCUT2D eigenvalue weighted by Gasteiger charge is -2.33. The first-order chi connectivity index (χ1) is 16.2. The van der Waals surface area contributed by atoms with E-state index in [9.17, 15) is 22.4 Å². The van der Waals surface area contributed by atoms with E-state index in [1.54, 1.807) is 11.8 Å². The van der Waals surface area contributed by atoms with Gasteiger partial charge in [0.2, 0.25) is 15.9 Å². The number of aromatic nitrogens is 4. The second-order valence-electron chi connectivity index (χ2n) is 7.69. The Morgan fingerprint density at radius 2 is 1.79 bits per heavy atom. The van der Waals surface area contributed by atoms with E-state index in [1.165, 1.54) is 58.4 Å². The molecule has 2 aromatic carbocycles. The molecule has 4 rings (SSSR count). The fourth-order valence-corrected chi connectivity index (χ4v) is 5.06. The number of amides is 2. The number of hydrogen-bond donors (Lipinski definition) is 1. The predicted molar refractivity (Wildman–Crippen MR) is 119 cm³/mol. The molecule has 1 aliphatic heterocycles. The van der Waals surface area contributed by atoms with E-state index in [1.807, 2.05) is 0 Å². The van der Waals surface area contributed by atoms with E-state index in [4.69, 9.17) is 0 Å². The van der Waals surface area contributed by atoms with Crippen LogP contribution in [0.5, 0.6) is 0 Å². The number of halogens is 1. The molecule has 13 heteroatoms. The lowest BCUT2D eigenvalue weighted by atomic mass is 10.2. The summed E-state index contributed by atoms with van der Waals surface area (Å²) in [5, 5.41) is 13.6. The van der Waals surface area contributed by atoms with Crippen LogP contribution >= 0.6 is 0 Å². The zero-order chi connectivity index (χ0) is 24.5. The standard InChI is InChI=1S/C21H22FN7O4S/c1-14-24-25-26-29(14)17-6-7-19(22)20(13-17)23-21(31)16-4-3-5-18(12-16)34(32,33)28-10-8-27(9-11-28)15(2)30/h3-7,12-13H,8-11H2,1-2H3,(H,23,31). The Balaban J connectivity index is 1.54. The number of sulfonamides is 1. The van der Waals surface area contributed by atoms with E-state index in [-0.39, 0.29) is 35.1 Å². The molecular weight excluding hydrogens is 465 g/mol. The lowest BCUT2D eigenvalue weighted by Crippen LogP contribution is -2.49. The Hall–Kier alpha value is -3.71. The topological polar surface area (TPSA) is 130 Å². The van der Waals surface area contributed by atoms with Gasteiger partial charge in [-0.2, -0.15) is 8.99 Å². The highest BCUT2D eigenvalue weighted by Crippen LogP contribution is 2.22. The summed E-state index contributed by atoms with van der Waals surface area (Å²) in [5.74, 6) is -0.980. The third kappa shape index (κ3) is 4.65. The maximum absolute atomic E-state index is 14.4. The quantitative estimate of drug-likeness (QED) is 0.573. The van der Waals surface area contributed by atoms with Gasteiger partial charge in [0.25, 0.3) is 5.91 Å². The van der Waals surface area contributed by atoms with Crippen molar-refractivity contribution in [2.75, 3.05) is 31.5 Å². The molecule has 0 unspecified atom stereocenters. The Bertz CT molecular complexity index is 1350. The Morgan fingerprint density at radius 1 is 1.06 bits per heavy atom. The average molecular weight is 488 g/mol. The van der Waals surface area contributed by atoms with Gasteiger partial charge in [0.15, 0.2) is 5.82 Å². The number of piperazine rings is 1. The first-order valence-electron chi connectivity index (χ1n) is 10.4. The van der Waals surface area contributed by atoms with Gasteiger partial charge in [0.05, 0.1) is 16.3 Å². The zero-order valence-corrected chi connectivity index (χ0v) is 19.3. The van der Waals surface area contributed by atoms with E-state index >= 15 is 0 Å². The minimum absolute atomic E-state index is 0.0480. The molecule has 3 aromatic rings. The molecule has 2 amide bonds. The lowest BCUT2D eigenvalue weighted by molar-refractivity contribution is -0.129. The molecule has 1 aliphatic rings. The Morgan fingerprint density at radius 3 is 2.44 bits per heavy atom. The highest BCUT2D eigenvalue weighted by atomic mass is 32.2. The summed E-state index contributed by atoms with van der Waals surface area (Å²) in [5.41, 5.74) is 0.387. The van der Waals surface area contributed by atoms with Gasteiger partial charge in [-0.3, -0.25) is 9.59 Å². The third-order valence-corrected chi connectivity index (χ3v) is 7.38. The van der Waals surface area contributed by atoms with Crippen LogP contribution in [0.2, 0.25) is 0 Å². The van der Waals surface area contributed by atoms with Gasteiger partial charge in [-0.15, -0.1) is 5.10 Å². The summed E-state index contributed by atoms with van der Waals surface area (Å²) in [4.78, 5) is 25.8. The van der Waals surface area contributed by atoms with Crippen molar-refractivity contribution >= 4 is 27.5 Å². The number of nitrogens with one attached hydrogen (secondary N) is 1. The van der Waals surface area contributed by atoms with Crippen molar-refractivity contribution in [1.82, 2.24) is 29.4 Å². The summed E-state index contributed by atoms with van der Waals surface area (Å²) in [6.07, 6.45) is 0. The van der Waals surface area contributed by atoms with Crippen LogP contribution in [-0.4, -0.2) is 75.8 Å². The van der Waals surface area contributed by atoms with Crippen molar-refractivity contribution in [2.45, 2.75) is 18.7 Å². The summed E-state index contributed by atoms with van der Waals surface area (Å²) in [6, 6.07) is 9.55. The van der Waals surface area contributed by atoms with Crippen molar-refractivity contribution < 1.29 is 22.4 Å². The van der Waals surface area contributed by atoms with Crippen LogP contribution in [0.3, 0.4) is 0 Å². The van der Waals surface area contributed by atoms with Gasteiger partial charge < -0.3 is 10.2 Å². The Labute approximate surface area is 195 Å². The molecular formula is C21H22FN7O4S. The number of hydrogen-bond acceptors (Lipinski definition) is 7. The fourth-order valence-electron chi connectivity index (χ4n) is 3.60. The number of carbonyl (C=O) groups is 2. The smallest absolute Gasteiger partial charge is 0.255 e. The number of benzene rings is 2. The zero-order valence-electron chi connectivity index (χ0n) is 18.5. The molecule has 1 fully saturated rings. The number of nitrogens with zero attached hydrogens (tertiary/aromatic N) is 6. The van der Waals surface area contributed by atoms with Crippen LogP contribution < -0.4 is 5.32 Å². The average Bonchev–Trinajstić information content (AvgIpc) is 3.26. The van der Waals surface area contributed by atoms with E-state index in [0.717, 1.165) is 0 Å². The first kappa shape index (κ1) is 23.4. The van der Waals surface area contributed by atoms with E-state index in [2.05, 4.69) is 20.8 Å². The summed E-state index contributed by atoms with van der Waals surface area (Å²) in [6.45, 7) is 4.03. The number of anilines is 1. The van der Waals surface area contributed by atoms with E-state index < -0.39 is 21.7 Å².